The van der Waals surface area contributed by atoms with Crippen molar-refractivity contribution in [1.29, 1.82) is 0 Å². The molecule has 0 saturated heterocycles. The average molecular weight is 431 g/mol. The van der Waals surface area contributed by atoms with E-state index >= 15 is 0 Å². The van der Waals surface area contributed by atoms with Gasteiger partial charge in [-0.05, 0) is 60.9 Å². The van der Waals surface area contributed by atoms with Crippen LogP contribution >= 0.6 is 11.6 Å². The van der Waals surface area contributed by atoms with E-state index in [2.05, 4.69) is 17.6 Å². The molecule has 0 fully saturated rings. The molecule has 0 atom stereocenters. The molecule has 3 N–H and O–H groups in total. The quantitative estimate of drug-likeness (QED) is 0.374. The third-order valence-electron chi connectivity index (χ3n) is 4.18. The largest absolute Gasteiger partial charge is 0.494 e. The lowest BCUT2D eigenvalue weighted by Gasteiger charge is -2.12. The maximum atomic E-state index is 12.7. The molecule has 0 heterocycles. The molecule has 7 heteroatoms. The number of hydrogen-bond donors (Lipinski definition) is 3. The molecule has 0 bridgehead atoms. The summed E-state index contributed by atoms with van der Waals surface area (Å²) in [5.74, 6) is -0.155. The van der Waals surface area contributed by atoms with E-state index in [1.165, 1.54) is 0 Å². The summed E-state index contributed by atoms with van der Waals surface area (Å²) in [5, 5.41) is 14.8. The molecule has 2 aromatic rings. The van der Waals surface area contributed by atoms with Gasteiger partial charge >= 0.3 is 0 Å². The molecule has 0 aliphatic heterocycles. The fourth-order valence-corrected chi connectivity index (χ4v) is 2.62. The van der Waals surface area contributed by atoms with Gasteiger partial charge in [0, 0.05) is 23.7 Å². The highest BCUT2D eigenvalue weighted by molar-refractivity contribution is 6.30. The van der Waals surface area contributed by atoms with Gasteiger partial charge in [-0.3, -0.25) is 9.59 Å². The molecule has 30 heavy (non-hydrogen) atoms. The van der Waals surface area contributed by atoms with Crippen molar-refractivity contribution in [2.75, 3.05) is 19.8 Å². The maximum Gasteiger partial charge on any atom is 0.267 e. The Labute approximate surface area is 181 Å². The predicted molar refractivity (Wildman–Crippen MR) is 118 cm³/mol. The molecule has 0 unspecified atom stereocenters. The number of amides is 2. The summed E-state index contributed by atoms with van der Waals surface area (Å²) < 4.78 is 5.61. The van der Waals surface area contributed by atoms with Crippen molar-refractivity contribution in [2.24, 2.45) is 0 Å². The second-order valence-corrected chi connectivity index (χ2v) is 7.06. The van der Waals surface area contributed by atoms with Crippen molar-refractivity contribution in [1.82, 2.24) is 10.6 Å². The second kappa shape index (κ2) is 12.7. The first kappa shape index (κ1) is 23.4. The van der Waals surface area contributed by atoms with Crippen LogP contribution in [0.3, 0.4) is 0 Å². The first-order valence-electron chi connectivity index (χ1n) is 9.94. The molecule has 2 aromatic carbocycles. The zero-order chi connectivity index (χ0) is 21.8. The smallest absolute Gasteiger partial charge is 0.267 e. The highest BCUT2D eigenvalue weighted by Gasteiger charge is 2.14. The third kappa shape index (κ3) is 7.89. The van der Waals surface area contributed by atoms with E-state index in [4.69, 9.17) is 21.4 Å². The minimum Gasteiger partial charge on any atom is -0.494 e. The van der Waals surface area contributed by atoms with Crippen molar-refractivity contribution in [3.8, 4) is 5.75 Å². The Morgan fingerprint density at radius 1 is 1.07 bits per heavy atom. The van der Waals surface area contributed by atoms with Crippen molar-refractivity contribution in [3.05, 3.63) is 70.4 Å². The van der Waals surface area contributed by atoms with Crippen LogP contribution in [0.4, 0.5) is 0 Å². The van der Waals surface area contributed by atoms with Gasteiger partial charge in [0.05, 0.1) is 6.61 Å². The predicted octanol–water partition coefficient (Wildman–Crippen LogP) is 3.79. The van der Waals surface area contributed by atoms with E-state index in [1.807, 2.05) is 0 Å². The lowest BCUT2D eigenvalue weighted by molar-refractivity contribution is -0.117. The number of carbonyl (C=O) groups is 2. The van der Waals surface area contributed by atoms with Crippen LogP contribution in [-0.2, 0) is 4.79 Å². The lowest BCUT2D eigenvalue weighted by Crippen LogP contribution is -2.35. The lowest BCUT2D eigenvalue weighted by atomic mass is 10.1. The number of halogens is 1. The van der Waals surface area contributed by atoms with E-state index in [1.54, 1.807) is 54.6 Å². The summed E-state index contributed by atoms with van der Waals surface area (Å²) >= 11 is 5.91. The Hall–Kier alpha value is -2.83. The summed E-state index contributed by atoms with van der Waals surface area (Å²) in [6.07, 6.45) is 4.01. The summed E-state index contributed by atoms with van der Waals surface area (Å²) in [7, 11) is 0. The number of aliphatic hydroxyl groups is 1. The highest BCUT2D eigenvalue weighted by Crippen LogP contribution is 2.15. The van der Waals surface area contributed by atoms with Gasteiger partial charge in [0.25, 0.3) is 11.8 Å². The molecule has 0 radical (unpaired) electrons. The summed E-state index contributed by atoms with van der Waals surface area (Å²) in [6.45, 7) is 2.98. The van der Waals surface area contributed by atoms with E-state index in [-0.39, 0.29) is 12.3 Å². The fourth-order valence-electron chi connectivity index (χ4n) is 2.49. The normalized spacial score (nSPS) is 11.1. The Morgan fingerprint density at radius 3 is 2.40 bits per heavy atom. The molecule has 0 saturated carbocycles. The molecular weight excluding hydrogens is 404 g/mol. The fraction of sp³-hybridized carbons (Fsp3) is 0.304. The monoisotopic (exact) mass is 430 g/mol. The van der Waals surface area contributed by atoms with Crippen molar-refractivity contribution in [2.45, 2.75) is 26.2 Å². The van der Waals surface area contributed by atoms with Gasteiger partial charge in [0.2, 0.25) is 0 Å². The zero-order valence-corrected chi connectivity index (χ0v) is 17.7. The van der Waals surface area contributed by atoms with Crippen LogP contribution in [0.1, 0.15) is 42.1 Å². The third-order valence-corrected chi connectivity index (χ3v) is 4.43. The Kier molecular flexibility index (Phi) is 9.91. The van der Waals surface area contributed by atoms with E-state index in [0.29, 0.717) is 41.5 Å². The van der Waals surface area contributed by atoms with E-state index < -0.39 is 11.8 Å². The number of rotatable bonds is 11. The van der Waals surface area contributed by atoms with Crippen molar-refractivity contribution in [3.63, 3.8) is 0 Å². The highest BCUT2D eigenvalue weighted by atomic mass is 35.5. The standard InChI is InChI=1S/C23H27ClN2O4/c1-2-3-15-30-20-11-7-18(8-12-20)22(28)26-21(23(29)25-13-4-14-27)16-17-5-9-19(24)10-6-17/h5-12,16,27H,2-4,13-15H2,1H3,(H,25,29)(H,26,28)/b21-16+. The van der Waals surface area contributed by atoms with Crippen LogP contribution in [0, 0.1) is 0 Å². The van der Waals surface area contributed by atoms with Crippen LogP contribution < -0.4 is 15.4 Å². The Bertz CT molecular complexity index is 849. The Morgan fingerprint density at radius 2 is 1.77 bits per heavy atom. The number of benzene rings is 2. The van der Waals surface area contributed by atoms with Crippen LogP contribution in [0.5, 0.6) is 5.75 Å². The van der Waals surface area contributed by atoms with Gasteiger partial charge in [0.1, 0.15) is 11.4 Å². The van der Waals surface area contributed by atoms with Gasteiger partial charge in [-0.15, -0.1) is 0 Å². The van der Waals surface area contributed by atoms with Crippen LogP contribution in [-0.4, -0.2) is 36.7 Å². The van der Waals surface area contributed by atoms with Gasteiger partial charge in [0.15, 0.2) is 0 Å². The van der Waals surface area contributed by atoms with Crippen LogP contribution in [0.15, 0.2) is 54.2 Å². The number of aliphatic hydroxyl groups excluding tert-OH is 1. The minimum atomic E-state index is -0.439. The number of ether oxygens (including phenoxy) is 1. The van der Waals surface area contributed by atoms with E-state index in [0.717, 1.165) is 12.8 Å². The minimum absolute atomic E-state index is 0.0322. The second-order valence-electron chi connectivity index (χ2n) is 6.62. The molecule has 6 nitrogen and oxygen atoms in total. The molecule has 0 aliphatic carbocycles. The number of nitrogens with one attached hydrogen (secondary N) is 2. The van der Waals surface area contributed by atoms with Gasteiger partial charge in [-0.1, -0.05) is 37.1 Å². The molecule has 160 valence electrons. The molecule has 2 amide bonds. The summed E-state index contributed by atoms with van der Waals surface area (Å²) in [5.41, 5.74) is 1.22. The number of hydrogen-bond acceptors (Lipinski definition) is 4. The zero-order valence-electron chi connectivity index (χ0n) is 17.0. The summed E-state index contributed by atoms with van der Waals surface area (Å²) in [4.78, 5) is 25.2. The average Bonchev–Trinajstić information content (AvgIpc) is 2.75. The number of unbranched alkanes of at least 4 members (excludes halogenated alkanes) is 1. The van der Waals surface area contributed by atoms with Crippen LogP contribution in [0.2, 0.25) is 5.02 Å². The molecule has 0 spiro atoms. The first-order valence-corrected chi connectivity index (χ1v) is 10.3. The van der Waals surface area contributed by atoms with Crippen molar-refractivity contribution < 1.29 is 19.4 Å². The molecule has 0 aromatic heterocycles. The van der Waals surface area contributed by atoms with E-state index in [9.17, 15) is 9.59 Å². The molecular formula is C23H27ClN2O4. The molecule has 2 rings (SSSR count). The Balaban J connectivity index is 2.12. The maximum absolute atomic E-state index is 12.7. The van der Waals surface area contributed by atoms with Gasteiger partial charge in [-0.2, -0.15) is 0 Å². The number of carbonyl (C=O) groups excluding carboxylic acids is 2. The first-order chi connectivity index (χ1) is 14.5. The van der Waals surface area contributed by atoms with Crippen LogP contribution in [0.25, 0.3) is 6.08 Å². The summed E-state index contributed by atoms with van der Waals surface area (Å²) in [6, 6.07) is 13.7. The topological polar surface area (TPSA) is 87.7 Å². The van der Waals surface area contributed by atoms with Gasteiger partial charge < -0.3 is 20.5 Å². The van der Waals surface area contributed by atoms with Crippen molar-refractivity contribution >= 4 is 29.5 Å². The van der Waals surface area contributed by atoms with Gasteiger partial charge in [-0.25, -0.2) is 0 Å². The SMILES string of the molecule is CCCCOc1ccc(C(=O)N/C(=C/c2ccc(Cl)cc2)C(=O)NCCCO)cc1. The molecule has 0 aliphatic rings.